The smallest absolute Gasteiger partial charge is 0.241 e. The topological polar surface area (TPSA) is 50.3 Å². The zero-order valence-electron chi connectivity index (χ0n) is 10.2. The molecule has 1 aromatic rings. The van der Waals surface area contributed by atoms with E-state index in [0.29, 0.717) is 13.0 Å². The van der Waals surface area contributed by atoms with Gasteiger partial charge in [0.15, 0.2) is 5.82 Å². The fourth-order valence-corrected chi connectivity index (χ4v) is 3.29. The van der Waals surface area contributed by atoms with E-state index in [4.69, 9.17) is 0 Å². The Hall–Kier alpha value is -1.01. The molecular formula is C11H17FN2O2S. The fraction of sp³-hybridized carbons (Fsp3) is 0.545. The quantitative estimate of drug-likeness (QED) is 0.814. The van der Waals surface area contributed by atoms with E-state index in [1.54, 1.807) is 13.8 Å². The lowest BCUT2D eigenvalue weighted by Gasteiger charge is -2.25. The molecule has 0 saturated heterocycles. The molecule has 0 amide bonds. The molecule has 0 aliphatic carbocycles. The van der Waals surface area contributed by atoms with E-state index in [0.717, 1.165) is 6.07 Å². The second-order valence-corrected chi connectivity index (χ2v) is 5.56. The van der Waals surface area contributed by atoms with E-state index in [1.165, 1.54) is 16.6 Å². The molecule has 1 atom stereocenters. The molecule has 96 valence electrons. The van der Waals surface area contributed by atoms with E-state index in [-0.39, 0.29) is 6.04 Å². The van der Waals surface area contributed by atoms with Gasteiger partial charge >= 0.3 is 0 Å². The monoisotopic (exact) mass is 260 g/mol. The van der Waals surface area contributed by atoms with Crippen LogP contribution in [0.5, 0.6) is 0 Å². The van der Waals surface area contributed by atoms with Crippen molar-refractivity contribution in [3.63, 3.8) is 0 Å². The molecule has 0 spiro atoms. The largest absolute Gasteiger partial charge is 0.263 e. The van der Waals surface area contributed by atoms with Crippen LogP contribution < -0.4 is 0 Å². The van der Waals surface area contributed by atoms with Crippen molar-refractivity contribution >= 4 is 10.0 Å². The van der Waals surface area contributed by atoms with Crippen molar-refractivity contribution in [1.29, 1.82) is 0 Å². The molecule has 1 heterocycles. The van der Waals surface area contributed by atoms with Crippen LogP contribution in [-0.4, -0.2) is 30.3 Å². The molecule has 1 aromatic heterocycles. The molecule has 0 N–H and O–H groups in total. The number of pyridine rings is 1. The molecule has 0 aromatic carbocycles. The highest BCUT2D eigenvalue weighted by molar-refractivity contribution is 7.89. The maximum atomic E-state index is 13.5. The number of hydrogen-bond acceptors (Lipinski definition) is 3. The van der Waals surface area contributed by atoms with Gasteiger partial charge in [-0.05, 0) is 25.5 Å². The van der Waals surface area contributed by atoms with E-state index in [2.05, 4.69) is 4.98 Å². The molecule has 4 nitrogen and oxygen atoms in total. The Morgan fingerprint density at radius 1 is 1.47 bits per heavy atom. The maximum absolute atomic E-state index is 13.5. The Morgan fingerprint density at radius 2 is 2.12 bits per heavy atom. The lowest BCUT2D eigenvalue weighted by atomic mass is 10.3. The van der Waals surface area contributed by atoms with Crippen LogP contribution in [0.25, 0.3) is 0 Å². The molecule has 0 aliphatic rings. The van der Waals surface area contributed by atoms with Gasteiger partial charge in [-0.25, -0.2) is 17.8 Å². The van der Waals surface area contributed by atoms with Gasteiger partial charge in [-0.3, -0.25) is 0 Å². The zero-order valence-corrected chi connectivity index (χ0v) is 11.0. The van der Waals surface area contributed by atoms with Gasteiger partial charge in [-0.2, -0.15) is 4.31 Å². The van der Waals surface area contributed by atoms with Gasteiger partial charge in [0.2, 0.25) is 5.03 Å². The summed E-state index contributed by atoms with van der Waals surface area (Å²) >= 11 is 0. The van der Waals surface area contributed by atoms with Crippen LogP contribution >= 0.6 is 0 Å². The van der Waals surface area contributed by atoms with Crippen LogP contribution in [0.1, 0.15) is 27.2 Å². The van der Waals surface area contributed by atoms with Crippen molar-refractivity contribution in [2.24, 2.45) is 0 Å². The van der Waals surface area contributed by atoms with Crippen molar-refractivity contribution in [2.75, 3.05) is 6.54 Å². The first-order chi connectivity index (χ1) is 7.95. The van der Waals surface area contributed by atoms with Gasteiger partial charge in [0.1, 0.15) is 0 Å². The van der Waals surface area contributed by atoms with Gasteiger partial charge in [0, 0.05) is 18.8 Å². The number of aromatic nitrogens is 1. The lowest BCUT2D eigenvalue weighted by molar-refractivity contribution is 0.339. The Bertz CT molecular complexity index is 476. The van der Waals surface area contributed by atoms with E-state index < -0.39 is 20.9 Å². The second kappa shape index (κ2) is 5.55. The SMILES string of the molecule is CCC(C)N(CC)S(=O)(=O)c1ncccc1F. The van der Waals surface area contributed by atoms with Crippen LogP contribution in [0.15, 0.2) is 23.4 Å². The first kappa shape index (κ1) is 14.1. The zero-order chi connectivity index (χ0) is 13.1. The van der Waals surface area contributed by atoms with Crippen molar-refractivity contribution < 1.29 is 12.8 Å². The Morgan fingerprint density at radius 3 is 2.59 bits per heavy atom. The molecule has 17 heavy (non-hydrogen) atoms. The van der Waals surface area contributed by atoms with E-state index >= 15 is 0 Å². The number of sulfonamides is 1. The lowest BCUT2D eigenvalue weighted by Crippen LogP contribution is -2.38. The minimum atomic E-state index is -3.85. The summed E-state index contributed by atoms with van der Waals surface area (Å²) in [5.41, 5.74) is 0. The highest BCUT2D eigenvalue weighted by Gasteiger charge is 2.30. The molecule has 6 heteroatoms. The van der Waals surface area contributed by atoms with E-state index in [9.17, 15) is 12.8 Å². The van der Waals surface area contributed by atoms with Crippen LogP contribution in [-0.2, 0) is 10.0 Å². The number of nitrogens with zero attached hydrogens (tertiary/aromatic N) is 2. The Balaban J connectivity index is 3.23. The summed E-state index contributed by atoms with van der Waals surface area (Å²) in [5.74, 6) is -0.811. The summed E-state index contributed by atoms with van der Waals surface area (Å²) in [6.45, 7) is 5.71. The summed E-state index contributed by atoms with van der Waals surface area (Å²) in [5, 5.41) is -0.498. The van der Waals surface area contributed by atoms with Crippen LogP contribution in [0.4, 0.5) is 4.39 Å². The highest BCUT2D eigenvalue weighted by atomic mass is 32.2. The minimum absolute atomic E-state index is 0.175. The normalized spacial score (nSPS) is 13.9. The standard InChI is InChI=1S/C11H17FN2O2S/c1-4-9(3)14(5-2)17(15,16)11-10(12)7-6-8-13-11/h6-9H,4-5H2,1-3H3. The third-order valence-corrected chi connectivity index (χ3v) is 4.70. The minimum Gasteiger partial charge on any atom is -0.241 e. The third-order valence-electron chi connectivity index (χ3n) is 2.67. The van der Waals surface area contributed by atoms with Crippen LogP contribution in [0, 0.1) is 5.82 Å². The number of halogens is 1. The van der Waals surface area contributed by atoms with Crippen molar-refractivity contribution in [3.8, 4) is 0 Å². The Labute approximate surface area is 102 Å². The predicted octanol–water partition coefficient (Wildman–Crippen LogP) is 2.03. The molecule has 0 aliphatic heterocycles. The van der Waals surface area contributed by atoms with Gasteiger partial charge in [-0.1, -0.05) is 13.8 Å². The van der Waals surface area contributed by atoms with Crippen LogP contribution in [0.3, 0.4) is 0 Å². The molecule has 1 rings (SSSR count). The average molecular weight is 260 g/mol. The molecule has 1 unspecified atom stereocenters. The summed E-state index contributed by atoms with van der Waals surface area (Å²) < 4.78 is 39.2. The molecule has 0 radical (unpaired) electrons. The number of hydrogen-bond donors (Lipinski definition) is 0. The maximum Gasteiger partial charge on any atom is 0.263 e. The highest BCUT2D eigenvalue weighted by Crippen LogP contribution is 2.19. The molecular weight excluding hydrogens is 243 g/mol. The summed E-state index contributed by atoms with van der Waals surface area (Å²) in [7, 11) is -3.85. The van der Waals surface area contributed by atoms with Gasteiger partial charge in [-0.15, -0.1) is 0 Å². The van der Waals surface area contributed by atoms with Crippen molar-refractivity contribution in [1.82, 2.24) is 9.29 Å². The first-order valence-electron chi connectivity index (χ1n) is 5.57. The van der Waals surface area contributed by atoms with Crippen LogP contribution in [0.2, 0.25) is 0 Å². The Kier molecular flexibility index (Phi) is 4.59. The van der Waals surface area contributed by atoms with Crippen molar-refractivity contribution in [3.05, 3.63) is 24.1 Å². The third kappa shape index (κ3) is 2.81. The summed E-state index contributed by atoms with van der Waals surface area (Å²) in [6.07, 6.45) is 1.95. The molecule has 0 saturated carbocycles. The average Bonchev–Trinajstić information content (AvgIpc) is 2.29. The van der Waals surface area contributed by atoms with Gasteiger partial charge < -0.3 is 0 Å². The summed E-state index contributed by atoms with van der Waals surface area (Å²) in [4.78, 5) is 3.63. The molecule has 0 fully saturated rings. The summed E-state index contributed by atoms with van der Waals surface area (Å²) in [6, 6.07) is 2.30. The van der Waals surface area contributed by atoms with Crippen molar-refractivity contribution in [2.45, 2.75) is 38.3 Å². The molecule has 0 bridgehead atoms. The van der Waals surface area contributed by atoms with Gasteiger partial charge in [0.25, 0.3) is 10.0 Å². The predicted molar refractivity (Wildman–Crippen MR) is 63.5 cm³/mol. The second-order valence-electron chi connectivity index (χ2n) is 3.76. The first-order valence-corrected chi connectivity index (χ1v) is 7.01. The van der Waals surface area contributed by atoms with Gasteiger partial charge in [0.05, 0.1) is 0 Å². The van der Waals surface area contributed by atoms with E-state index in [1.807, 2.05) is 6.92 Å². The number of rotatable bonds is 5. The fourth-order valence-electron chi connectivity index (χ4n) is 1.59.